The molecule has 11 heteroatoms. The van der Waals surface area contributed by atoms with Crippen LogP contribution in [0.5, 0.6) is 5.75 Å². The minimum atomic E-state index is -0.642. The lowest BCUT2D eigenvalue weighted by Crippen LogP contribution is -2.15. The highest BCUT2D eigenvalue weighted by Gasteiger charge is 2.18. The highest BCUT2D eigenvalue weighted by molar-refractivity contribution is 5.93. The molecule has 0 radical (unpaired) electrons. The zero-order valence-electron chi connectivity index (χ0n) is 12.5. The van der Waals surface area contributed by atoms with Gasteiger partial charge in [-0.2, -0.15) is 4.68 Å². The molecule has 1 heterocycles. The minimum Gasteiger partial charge on any atom is -0.496 e. The summed E-state index contributed by atoms with van der Waals surface area (Å²) in [5, 5.41) is 27.7. The first kappa shape index (κ1) is 16.9. The van der Waals surface area contributed by atoms with Crippen molar-refractivity contribution in [3.63, 3.8) is 0 Å². The summed E-state index contributed by atoms with van der Waals surface area (Å²) in [6, 6.07) is 5.27. The maximum absolute atomic E-state index is 11.9. The second-order valence-corrected chi connectivity index (χ2v) is 4.63. The fourth-order valence-corrected chi connectivity index (χ4v) is 1.90. The van der Waals surface area contributed by atoms with Crippen LogP contribution in [-0.4, -0.2) is 32.6 Å². The van der Waals surface area contributed by atoms with Crippen LogP contribution in [0, 0.1) is 20.2 Å². The lowest BCUT2D eigenvalue weighted by Gasteiger charge is -2.07. The van der Waals surface area contributed by atoms with Gasteiger partial charge in [-0.25, -0.2) is 0 Å². The number of methoxy groups -OCH3 is 1. The Morgan fingerprint density at radius 2 is 2.04 bits per heavy atom. The van der Waals surface area contributed by atoms with Gasteiger partial charge in [0.15, 0.2) is 0 Å². The van der Waals surface area contributed by atoms with Crippen molar-refractivity contribution in [2.24, 2.45) is 0 Å². The number of hydrogen-bond acceptors (Lipinski definition) is 7. The van der Waals surface area contributed by atoms with E-state index in [1.54, 1.807) is 0 Å². The lowest BCUT2D eigenvalue weighted by atomic mass is 10.2. The quantitative estimate of drug-likeness (QED) is 0.599. The SMILES string of the molecule is COc1ccc(NC(=O)CCn2ccc([N+](=O)[O-])n2)c([N+](=O)[O-])c1. The lowest BCUT2D eigenvalue weighted by molar-refractivity contribution is -0.389. The smallest absolute Gasteiger partial charge is 0.389 e. The average Bonchev–Trinajstić information content (AvgIpc) is 3.02. The number of nitro groups is 2. The van der Waals surface area contributed by atoms with Crippen molar-refractivity contribution in [3.05, 3.63) is 50.7 Å². The first-order valence-corrected chi connectivity index (χ1v) is 6.71. The van der Waals surface area contributed by atoms with E-state index in [0.717, 1.165) is 0 Å². The maximum atomic E-state index is 11.9. The predicted octanol–water partition coefficient (Wildman–Crippen LogP) is 1.74. The van der Waals surface area contributed by atoms with Gasteiger partial charge in [-0.1, -0.05) is 0 Å². The minimum absolute atomic E-state index is 0.0391. The number of carbonyl (C=O) groups excluding carboxylic acids is 1. The van der Waals surface area contributed by atoms with E-state index in [2.05, 4.69) is 10.4 Å². The Kier molecular flexibility index (Phi) is 5.04. The summed E-state index contributed by atoms with van der Waals surface area (Å²) in [5.74, 6) is -0.508. The number of nitrogens with one attached hydrogen (secondary N) is 1. The molecular formula is C13H13N5O6. The Bertz CT molecular complexity index is 787. The van der Waals surface area contributed by atoms with E-state index in [9.17, 15) is 25.0 Å². The molecule has 0 atom stereocenters. The van der Waals surface area contributed by atoms with Gasteiger partial charge in [0.1, 0.15) is 11.4 Å². The number of amides is 1. The molecule has 1 amide bonds. The molecule has 0 fully saturated rings. The van der Waals surface area contributed by atoms with Gasteiger partial charge in [-0.05, 0) is 17.1 Å². The van der Waals surface area contributed by atoms with Gasteiger partial charge in [-0.3, -0.25) is 14.9 Å². The van der Waals surface area contributed by atoms with Crippen LogP contribution < -0.4 is 10.1 Å². The largest absolute Gasteiger partial charge is 0.496 e. The van der Waals surface area contributed by atoms with Crippen molar-refractivity contribution in [3.8, 4) is 5.75 Å². The molecule has 2 rings (SSSR count). The number of ether oxygens (including phenoxy) is 1. The van der Waals surface area contributed by atoms with E-state index < -0.39 is 15.8 Å². The van der Waals surface area contributed by atoms with Gasteiger partial charge in [0.05, 0.1) is 42.0 Å². The van der Waals surface area contributed by atoms with Gasteiger partial charge < -0.3 is 20.2 Å². The predicted molar refractivity (Wildman–Crippen MR) is 81.8 cm³/mol. The molecule has 0 aliphatic carbocycles. The zero-order chi connectivity index (χ0) is 17.7. The van der Waals surface area contributed by atoms with Gasteiger partial charge in [0.25, 0.3) is 5.69 Å². The maximum Gasteiger partial charge on any atom is 0.389 e. The Morgan fingerprint density at radius 3 is 2.62 bits per heavy atom. The molecule has 0 saturated carbocycles. The third kappa shape index (κ3) is 4.03. The second-order valence-electron chi connectivity index (χ2n) is 4.63. The molecule has 0 unspecified atom stereocenters. The summed E-state index contributed by atoms with van der Waals surface area (Å²) in [6.07, 6.45) is 1.32. The van der Waals surface area contributed by atoms with Crippen molar-refractivity contribution in [2.75, 3.05) is 12.4 Å². The number of carbonyl (C=O) groups is 1. The van der Waals surface area contributed by atoms with Gasteiger partial charge in [0, 0.05) is 6.42 Å². The van der Waals surface area contributed by atoms with Crippen molar-refractivity contribution >= 4 is 23.1 Å². The van der Waals surface area contributed by atoms with Gasteiger partial charge >= 0.3 is 5.82 Å². The Morgan fingerprint density at radius 1 is 1.29 bits per heavy atom. The number of aryl methyl sites for hydroxylation is 1. The number of nitro benzene ring substituents is 1. The Balaban J connectivity index is 2.01. The molecule has 24 heavy (non-hydrogen) atoms. The number of anilines is 1. The first-order valence-electron chi connectivity index (χ1n) is 6.71. The summed E-state index contributed by atoms with van der Waals surface area (Å²) in [5.41, 5.74) is -0.255. The fraction of sp³-hybridized carbons (Fsp3) is 0.231. The number of benzene rings is 1. The topological polar surface area (TPSA) is 142 Å². The third-order valence-corrected chi connectivity index (χ3v) is 3.06. The molecule has 1 aromatic heterocycles. The third-order valence-electron chi connectivity index (χ3n) is 3.06. The Labute approximate surface area is 135 Å². The van der Waals surface area contributed by atoms with Crippen molar-refractivity contribution < 1.29 is 19.4 Å². The van der Waals surface area contributed by atoms with Crippen LogP contribution in [-0.2, 0) is 11.3 Å². The molecule has 0 saturated heterocycles. The number of hydrogen-bond donors (Lipinski definition) is 1. The van der Waals surface area contributed by atoms with E-state index in [-0.39, 0.29) is 30.2 Å². The van der Waals surface area contributed by atoms with Crippen LogP contribution in [0.3, 0.4) is 0 Å². The van der Waals surface area contributed by atoms with E-state index >= 15 is 0 Å². The molecule has 0 spiro atoms. The molecule has 1 N–H and O–H groups in total. The van der Waals surface area contributed by atoms with Crippen LogP contribution in [0.4, 0.5) is 17.2 Å². The summed E-state index contributed by atoms with van der Waals surface area (Å²) in [7, 11) is 1.38. The highest BCUT2D eigenvalue weighted by atomic mass is 16.6. The van der Waals surface area contributed by atoms with E-state index in [0.29, 0.717) is 5.75 Å². The molecule has 0 aliphatic rings. The standard InChI is InChI=1S/C13H13N5O6/c1-24-9-2-3-10(11(8-9)17(20)21)14-13(19)5-7-16-6-4-12(15-16)18(22)23/h2-4,6,8H,5,7H2,1H3,(H,14,19). The van der Waals surface area contributed by atoms with Gasteiger partial charge in [-0.15, -0.1) is 0 Å². The number of rotatable bonds is 7. The van der Waals surface area contributed by atoms with E-state index in [1.165, 1.54) is 42.3 Å². The molecular weight excluding hydrogens is 322 g/mol. The van der Waals surface area contributed by atoms with Crippen LogP contribution in [0.1, 0.15) is 6.42 Å². The normalized spacial score (nSPS) is 10.2. The van der Waals surface area contributed by atoms with Crippen molar-refractivity contribution in [1.29, 1.82) is 0 Å². The highest BCUT2D eigenvalue weighted by Crippen LogP contribution is 2.29. The molecule has 1 aromatic carbocycles. The fourth-order valence-electron chi connectivity index (χ4n) is 1.90. The van der Waals surface area contributed by atoms with Crippen LogP contribution in [0.25, 0.3) is 0 Å². The molecule has 0 aliphatic heterocycles. The number of nitrogens with zero attached hydrogens (tertiary/aromatic N) is 4. The molecule has 126 valence electrons. The average molecular weight is 335 g/mol. The first-order chi connectivity index (χ1) is 11.4. The van der Waals surface area contributed by atoms with Crippen LogP contribution >= 0.6 is 0 Å². The van der Waals surface area contributed by atoms with Crippen LogP contribution in [0.2, 0.25) is 0 Å². The zero-order valence-corrected chi connectivity index (χ0v) is 12.5. The summed E-state index contributed by atoms with van der Waals surface area (Å²) < 4.78 is 6.16. The van der Waals surface area contributed by atoms with Gasteiger partial charge in [0.2, 0.25) is 5.91 Å². The van der Waals surface area contributed by atoms with Crippen molar-refractivity contribution in [2.45, 2.75) is 13.0 Å². The molecule has 11 nitrogen and oxygen atoms in total. The summed E-state index contributed by atoms with van der Waals surface area (Å²) in [6.45, 7) is 0.101. The second kappa shape index (κ2) is 7.17. The molecule has 2 aromatic rings. The summed E-state index contributed by atoms with van der Waals surface area (Å²) >= 11 is 0. The monoisotopic (exact) mass is 335 g/mol. The summed E-state index contributed by atoms with van der Waals surface area (Å²) in [4.78, 5) is 32.2. The van der Waals surface area contributed by atoms with Crippen LogP contribution in [0.15, 0.2) is 30.5 Å². The Hall–Kier alpha value is -3.50. The van der Waals surface area contributed by atoms with Crippen molar-refractivity contribution in [1.82, 2.24) is 9.78 Å². The molecule has 0 bridgehead atoms. The van der Waals surface area contributed by atoms with E-state index in [1.807, 2.05) is 0 Å². The number of aromatic nitrogens is 2. The van der Waals surface area contributed by atoms with E-state index in [4.69, 9.17) is 4.74 Å².